The SMILES string of the molecule is CCCCN(CCCC)CCC(=O)c1cccc(N)c1. The standard InChI is InChI=1S/C17H28N2O/c1-3-5-11-19(12-6-4-2)13-10-17(20)15-8-7-9-16(18)14-15/h7-9,14H,3-6,10-13,18H2,1-2H3. The van der Waals surface area contributed by atoms with E-state index in [0.29, 0.717) is 12.1 Å². The van der Waals surface area contributed by atoms with E-state index in [1.54, 1.807) is 6.07 Å². The fourth-order valence-corrected chi connectivity index (χ4v) is 2.21. The smallest absolute Gasteiger partial charge is 0.164 e. The molecule has 1 aromatic carbocycles. The monoisotopic (exact) mass is 276 g/mol. The first-order valence-electron chi connectivity index (χ1n) is 7.78. The highest BCUT2D eigenvalue weighted by atomic mass is 16.1. The summed E-state index contributed by atoms with van der Waals surface area (Å²) in [5, 5.41) is 0. The van der Waals surface area contributed by atoms with Crippen molar-refractivity contribution in [3.05, 3.63) is 29.8 Å². The summed E-state index contributed by atoms with van der Waals surface area (Å²) in [6, 6.07) is 7.27. The molecule has 3 nitrogen and oxygen atoms in total. The van der Waals surface area contributed by atoms with Crippen LogP contribution >= 0.6 is 0 Å². The molecule has 0 fully saturated rings. The highest BCUT2D eigenvalue weighted by molar-refractivity contribution is 5.96. The van der Waals surface area contributed by atoms with E-state index >= 15 is 0 Å². The van der Waals surface area contributed by atoms with Crippen LogP contribution in [-0.2, 0) is 0 Å². The summed E-state index contributed by atoms with van der Waals surface area (Å²) in [6.45, 7) is 7.46. The van der Waals surface area contributed by atoms with Crippen LogP contribution < -0.4 is 5.73 Å². The van der Waals surface area contributed by atoms with Crippen molar-refractivity contribution < 1.29 is 4.79 Å². The van der Waals surface area contributed by atoms with Gasteiger partial charge in [-0.2, -0.15) is 0 Å². The van der Waals surface area contributed by atoms with Gasteiger partial charge in [0, 0.05) is 24.2 Å². The largest absolute Gasteiger partial charge is 0.399 e. The Morgan fingerprint density at radius 3 is 2.30 bits per heavy atom. The number of rotatable bonds is 10. The lowest BCUT2D eigenvalue weighted by atomic mass is 10.1. The van der Waals surface area contributed by atoms with E-state index in [1.165, 1.54) is 25.7 Å². The molecule has 1 rings (SSSR count). The number of hydrogen-bond acceptors (Lipinski definition) is 3. The summed E-state index contributed by atoms with van der Waals surface area (Å²) >= 11 is 0. The van der Waals surface area contributed by atoms with Crippen LogP contribution in [0.4, 0.5) is 5.69 Å². The lowest BCUT2D eigenvalue weighted by Gasteiger charge is -2.21. The Hall–Kier alpha value is -1.35. The van der Waals surface area contributed by atoms with Crippen LogP contribution in [-0.4, -0.2) is 30.3 Å². The first kappa shape index (κ1) is 16.7. The van der Waals surface area contributed by atoms with Crippen molar-refractivity contribution >= 4 is 11.5 Å². The zero-order chi connectivity index (χ0) is 14.8. The van der Waals surface area contributed by atoms with Gasteiger partial charge in [0.25, 0.3) is 0 Å². The molecular formula is C17H28N2O. The molecule has 0 radical (unpaired) electrons. The first-order chi connectivity index (χ1) is 9.67. The van der Waals surface area contributed by atoms with E-state index in [4.69, 9.17) is 5.73 Å². The predicted octanol–water partition coefficient (Wildman–Crippen LogP) is 3.74. The highest BCUT2D eigenvalue weighted by Crippen LogP contribution is 2.10. The lowest BCUT2D eigenvalue weighted by molar-refractivity contribution is 0.0963. The van der Waals surface area contributed by atoms with Gasteiger partial charge in [0.1, 0.15) is 0 Å². The lowest BCUT2D eigenvalue weighted by Crippen LogP contribution is -2.28. The Morgan fingerprint density at radius 1 is 1.10 bits per heavy atom. The Morgan fingerprint density at radius 2 is 1.75 bits per heavy atom. The molecule has 0 spiro atoms. The first-order valence-corrected chi connectivity index (χ1v) is 7.78. The Labute approximate surface area is 123 Å². The number of anilines is 1. The maximum atomic E-state index is 12.2. The third-order valence-corrected chi connectivity index (χ3v) is 3.52. The zero-order valence-corrected chi connectivity index (χ0v) is 12.9. The van der Waals surface area contributed by atoms with Gasteiger partial charge >= 0.3 is 0 Å². The van der Waals surface area contributed by atoms with Crippen molar-refractivity contribution in [1.82, 2.24) is 4.90 Å². The Bertz CT molecular complexity index is 396. The van der Waals surface area contributed by atoms with Crippen LogP contribution in [0.2, 0.25) is 0 Å². The summed E-state index contributed by atoms with van der Waals surface area (Å²) in [4.78, 5) is 14.6. The summed E-state index contributed by atoms with van der Waals surface area (Å²) in [7, 11) is 0. The molecular weight excluding hydrogens is 248 g/mol. The maximum Gasteiger partial charge on any atom is 0.164 e. The molecule has 0 saturated heterocycles. The number of hydrogen-bond donors (Lipinski definition) is 1. The second-order valence-corrected chi connectivity index (χ2v) is 5.35. The average molecular weight is 276 g/mol. The molecule has 1 aromatic rings. The number of unbranched alkanes of at least 4 members (excludes halogenated alkanes) is 2. The van der Waals surface area contributed by atoms with Crippen LogP contribution in [0, 0.1) is 0 Å². The minimum Gasteiger partial charge on any atom is -0.399 e. The molecule has 112 valence electrons. The number of benzene rings is 1. The highest BCUT2D eigenvalue weighted by Gasteiger charge is 2.10. The van der Waals surface area contributed by atoms with Gasteiger partial charge in [-0.1, -0.05) is 38.8 Å². The molecule has 0 saturated carbocycles. The Balaban J connectivity index is 2.46. The molecule has 0 aromatic heterocycles. The van der Waals surface area contributed by atoms with Crippen molar-refractivity contribution in [2.45, 2.75) is 46.0 Å². The van der Waals surface area contributed by atoms with Crippen LogP contribution in [0.15, 0.2) is 24.3 Å². The summed E-state index contributed by atoms with van der Waals surface area (Å²) in [6.07, 6.45) is 5.39. The van der Waals surface area contributed by atoms with Gasteiger partial charge in [0.2, 0.25) is 0 Å². The molecule has 0 heterocycles. The van der Waals surface area contributed by atoms with Gasteiger partial charge in [0.05, 0.1) is 0 Å². The van der Waals surface area contributed by atoms with Gasteiger partial charge in [0.15, 0.2) is 5.78 Å². The van der Waals surface area contributed by atoms with E-state index in [0.717, 1.165) is 25.2 Å². The fourth-order valence-electron chi connectivity index (χ4n) is 2.21. The van der Waals surface area contributed by atoms with Crippen LogP contribution in [0.3, 0.4) is 0 Å². The van der Waals surface area contributed by atoms with E-state index in [9.17, 15) is 4.79 Å². The minimum atomic E-state index is 0.190. The van der Waals surface area contributed by atoms with E-state index in [1.807, 2.05) is 18.2 Å². The molecule has 20 heavy (non-hydrogen) atoms. The number of nitrogen functional groups attached to an aromatic ring is 1. The van der Waals surface area contributed by atoms with E-state index < -0.39 is 0 Å². The molecule has 0 bridgehead atoms. The van der Waals surface area contributed by atoms with Gasteiger partial charge in [-0.05, 0) is 38.1 Å². The quantitative estimate of drug-likeness (QED) is 0.523. The van der Waals surface area contributed by atoms with Crippen molar-refractivity contribution in [1.29, 1.82) is 0 Å². The average Bonchev–Trinajstić information content (AvgIpc) is 2.46. The number of Topliss-reactive ketones (excluding diaryl/α,β-unsaturated/α-hetero) is 1. The molecule has 0 amide bonds. The minimum absolute atomic E-state index is 0.190. The molecule has 0 aliphatic rings. The topological polar surface area (TPSA) is 46.3 Å². The molecule has 0 aliphatic heterocycles. The summed E-state index contributed by atoms with van der Waals surface area (Å²) in [5.74, 6) is 0.190. The predicted molar refractivity (Wildman–Crippen MR) is 86.1 cm³/mol. The number of nitrogens with two attached hydrogens (primary N) is 1. The molecule has 0 aliphatic carbocycles. The second kappa shape index (κ2) is 9.54. The number of carbonyl (C=O) groups excluding carboxylic acids is 1. The zero-order valence-electron chi connectivity index (χ0n) is 12.9. The van der Waals surface area contributed by atoms with Crippen molar-refractivity contribution in [2.24, 2.45) is 0 Å². The number of ketones is 1. The van der Waals surface area contributed by atoms with Crippen LogP contribution in [0.1, 0.15) is 56.3 Å². The Kier molecular flexibility index (Phi) is 7.97. The van der Waals surface area contributed by atoms with Crippen molar-refractivity contribution in [2.75, 3.05) is 25.4 Å². The normalized spacial score (nSPS) is 10.9. The van der Waals surface area contributed by atoms with Gasteiger partial charge < -0.3 is 10.6 Å². The van der Waals surface area contributed by atoms with Crippen LogP contribution in [0.5, 0.6) is 0 Å². The number of nitrogens with zero attached hydrogens (tertiary/aromatic N) is 1. The van der Waals surface area contributed by atoms with E-state index in [-0.39, 0.29) is 5.78 Å². The number of carbonyl (C=O) groups is 1. The van der Waals surface area contributed by atoms with Crippen molar-refractivity contribution in [3.63, 3.8) is 0 Å². The second-order valence-electron chi connectivity index (χ2n) is 5.35. The van der Waals surface area contributed by atoms with Gasteiger partial charge in [-0.3, -0.25) is 4.79 Å². The maximum absolute atomic E-state index is 12.2. The summed E-state index contributed by atoms with van der Waals surface area (Å²) < 4.78 is 0. The molecule has 0 unspecified atom stereocenters. The van der Waals surface area contributed by atoms with E-state index in [2.05, 4.69) is 18.7 Å². The molecule has 0 atom stereocenters. The van der Waals surface area contributed by atoms with Gasteiger partial charge in [-0.15, -0.1) is 0 Å². The van der Waals surface area contributed by atoms with Gasteiger partial charge in [-0.25, -0.2) is 0 Å². The molecule has 3 heteroatoms. The van der Waals surface area contributed by atoms with Crippen LogP contribution in [0.25, 0.3) is 0 Å². The third kappa shape index (κ3) is 6.20. The summed E-state index contributed by atoms with van der Waals surface area (Å²) in [5.41, 5.74) is 7.11. The van der Waals surface area contributed by atoms with Crippen molar-refractivity contribution in [3.8, 4) is 0 Å². The fraction of sp³-hybridized carbons (Fsp3) is 0.588. The molecule has 2 N–H and O–H groups in total. The third-order valence-electron chi connectivity index (χ3n) is 3.52.